The van der Waals surface area contributed by atoms with Crippen LogP contribution in [0.3, 0.4) is 0 Å². The van der Waals surface area contributed by atoms with Gasteiger partial charge in [0.05, 0.1) is 61.8 Å². The highest BCUT2D eigenvalue weighted by Crippen LogP contribution is 2.66. The lowest BCUT2D eigenvalue weighted by Crippen LogP contribution is -2.39. The van der Waals surface area contributed by atoms with Gasteiger partial charge in [-0.05, 0) is 220 Å². The van der Waals surface area contributed by atoms with E-state index in [1.54, 1.807) is 24.8 Å². The van der Waals surface area contributed by atoms with Crippen LogP contribution in [0.1, 0.15) is 77.9 Å². The van der Waals surface area contributed by atoms with E-state index in [9.17, 15) is 0 Å². The highest BCUT2D eigenvalue weighted by molar-refractivity contribution is 5.98. The molecular weight excluding hydrogens is 1570 g/mol. The third kappa shape index (κ3) is 12.7. The minimum absolute atomic E-state index is 0.439. The highest BCUT2D eigenvalue weighted by atomic mass is 16.5. The molecule has 25 rings (SSSR count). The topological polar surface area (TPSA) is 96.3 Å². The summed E-state index contributed by atoms with van der Waals surface area (Å²) in [7, 11) is 0. The molecular formula is C119H83N9O. The Kier molecular flexibility index (Phi) is 19.1. The summed E-state index contributed by atoms with van der Waals surface area (Å²) >= 11 is 0. The van der Waals surface area contributed by atoms with E-state index in [1.165, 1.54) is 101 Å². The standard InChI is InChI=1S/C49H35N3.C35H23N3O.C35H25N3/c1-32-21-27-46-42(29-32)49(40-19-11-9-17-38(40)39-18-10-12-20-41(39)49)43-30-33(2)22-28-47(43)52(46)37-25-23-36(24-26-37)48-50-44(34-13-5-3-6-14-34)31-45(51-48)35-15-7-4-8-16-35;1-5-14-30-26(10-1)35(28-12-3-7-16-32(28)39-33-17-8-4-13-29(33)35)27-11-2-6-15-31(27)38(30)25-20-18-24(19-21-25)34-36-22-9-23-37-34;1-3-12-27(13-4-1)35(28-14-5-2-6-15-28)30-16-7-9-18-32(30)38(33-19-10-8-17-31(33)35)29-22-20-26(21-23-29)34-36-24-11-25-37-34/h3-31H,1-2H3;1-23H;1-25H. The summed E-state index contributed by atoms with van der Waals surface area (Å²) < 4.78 is 6.48. The van der Waals surface area contributed by atoms with Crippen LogP contribution in [0.4, 0.5) is 51.2 Å². The Morgan fingerprint density at radius 2 is 0.496 bits per heavy atom. The molecule has 0 saturated heterocycles. The van der Waals surface area contributed by atoms with Gasteiger partial charge in [-0.1, -0.05) is 314 Å². The Balaban J connectivity index is 0.000000112. The third-order valence-corrected chi connectivity index (χ3v) is 26.1. The third-order valence-electron chi connectivity index (χ3n) is 26.1. The van der Waals surface area contributed by atoms with Crippen molar-refractivity contribution in [1.82, 2.24) is 29.9 Å². The SMILES string of the molecule is Cc1ccc2c(c1)C1(c3ccccc3-c3ccccc31)c1cc(C)ccc1N2c1ccc(-c2nc(-c3ccccc3)cc(-c3ccccc3)n2)cc1.c1ccc(C2(c3ccccc3)c3ccccc3N(c3ccc(-c4ncccn4)cc3)c3ccccc32)cc1.c1cnc(-c2ccc(N3c4ccccc4C4(c5ccccc5Oc5ccccc54)c4ccccc43)cc2)nc1. The molecule has 0 bridgehead atoms. The first-order valence-electron chi connectivity index (χ1n) is 43.9. The van der Waals surface area contributed by atoms with Gasteiger partial charge in [0.25, 0.3) is 0 Å². The first kappa shape index (κ1) is 77.0. The zero-order valence-corrected chi connectivity index (χ0v) is 70.9. The first-order valence-corrected chi connectivity index (χ1v) is 43.9. The lowest BCUT2D eigenvalue weighted by Gasteiger charge is -2.48. The Morgan fingerprint density at radius 3 is 0.868 bits per heavy atom. The van der Waals surface area contributed by atoms with E-state index in [1.807, 2.05) is 36.4 Å². The second-order valence-corrected chi connectivity index (χ2v) is 33.3. The molecule has 0 saturated carbocycles. The van der Waals surface area contributed by atoms with Crippen LogP contribution in [0, 0.1) is 13.8 Å². The second-order valence-electron chi connectivity index (χ2n) is 33.3. The van der Waals surface area contributed by atoms with Crippen LogP contribution in [0.2, 0.25) is 0 Å². The van der Waals surface area contributed by atoms with Crippen LogP contribution >= 0.6 is 0 Å². The molecule has 0 unspecified atom stereocenters. The van der Waals surface area contributed by atoms with E-state index < -0.39 is 16.2 Å². The molecule has 2 spiro atoms. The number of hydrogen-bond donors (Lipinski definition) is 0. The van der Waals surface area contributed by atoms with Crippen LogP contribution in [0.25, 0.3) is 67.8 Å². The molecule has 1 aliphatic carbocycles. The smallest absolute Gasteiger partial charge is 0.160 e. The molecule has 5 aliphatic rings. The van der Waals surface area contributed by atoms with Gasteiger partial charge in [0.1, 0.15) is 11.5 Å². The van der Waals surface area contributed by atoms with Crippen molar-refractivity contribution in [2.75, 3.05) is 14.7 Å². The molecule has 7 heterocycles. The Hall–Kier alpha value is -16.8. The number of rotatable bonds is 10. The van der Waals surface area contributed by atoms with E-state index in [4.69, 9.17) is 14.7 Å². The molecule has 0 fully saturated rings. The average molecular weight is 1660 g/mol. The van der Waals surface area contributed by atoms with Gasteiger partial charge in [0.15, 0.2) is 17.5 Å². The Labute approximate surface area is 750 Å². The fraction of sp³-hybridized carbons (Fsp3) is 0.0420. The molecule has 0 amide bonds. The summed E-state index contributed by atoms with van der Waals surface area (Å²) in [6, 6.07) is 158. The minimum atomic E-state index is -0.521. The van der Waals surface area contributed by atoms with Crippen molar-refractivity contribution in [2.24, 2.45) is 0 Å². The molecule has 0 N–H and O–H groups in total. The highest BCUT2D eigenvalue weighted by Gasteiger charge is 2.54. The van der Waals surface area contributed by atoms with E-state index in [2.05, 4.69) is 455 Å². The molecule has 3 aromatic heterocycles. The van der Waals surface area contributed by atoms with Gasteiger partial charge in [0, 0.05) is 80.8 Å². The minimum Gasteiger partial charge on any atom is -0.457 e. The van der Waals surface area contributed by atoms with Crippen molar-refractivity contribution >= 4 is 51.2 Å². The van der Waals surface area contributed by atoms with Crippen molar-refractivity contribution in [1.29, 1.82) is 0 Å². The van der Waals surface area contributed by atoms with E-state index in [0.29, 0.717) is 5.82 Å². The van der Waals surface area contributed by atoms with Crippen LogP contribution in [0.5, 0.6) is 11.5 Å². The maximum Gasteiger partial charge on any atom is 0.160 e. The fourth-order valence-corrected chi connectivity index (χ4v) is 20.7. The summed E-state index contributed by atoms with van der Waals surface area (Å²) in [5.74, 6) is 3.93. The van der Waals surface area contributed by atoms with Crippen molar-refractivity contribution in [3.8, 4) is 79.3 Å². The molecule has 0 atom stereocenters. The van der Waals surface area contributed by atoms with Gasteiger partial charge < -0.3 is 19.4 Å². The summed E-state index contributed by atoms with van der Waals surface area (Å²) in [6.45, 7) is 4.41. The first-order chi connectivity index (χ1) is 63.8. The van der Waals surface area contributed by atoms with Crippen LogP contribution < -0.4 is 19.4 Å². The number of ether oxygens (including phenoxy) is 1. The molecule has 4 aliphatic heterocycles. The molecule has 10 heteroatoms. The average Bonchev–Trinajstić information content (AvgIpc) is 1.68. The number of aryl methyl sites for hydroxylation is 2. The Bertz CT molecular complexity index is 7270. The van der Waals surface area contributed by atoms with E-state index >= 15 is 0 Å². The number of aromatic nitrogens is 6. The lowest BCUT2D eigenvalue weighted by molar-refractivity contribution is 0.434. The molecule has 610 valence electrons. The molecule has 20 aromatic rings. The van der Waals surface area contributed by atoms with Gasteiger partial charge in [-0.15, -0.1) is 0 Å². The second kappa shape index (κ2) is 32.1. The van der Waals surface area contributed by atoms with Gasteiger partial charge in [-0.3, -0.25) is 0 Å². The number of benzene rings is 17. The number of para-hydroxylation sites is 6. The summed E-state index contributed by atoms with van der Waals surface area (Å²) in [6.07, 6.45) is 7.10. The lowest BCUT2D eigenvalue weighted by atomic mass is 9.61. The quantitative estimate of drug-likeness (QED) is 0.132. The molecule has 0 radical (unpaired) electrons. The maximum absolute atomic E-state index is 6.48. The van der Waals surface area contributed by atoms with Crippen molar-refractivity contribution < 1.29 is 4.74 Å². The molecule has 10 nitrogen and oxygen atoms in total. The number of nitrogens with zero attached hydrogens (tertiary/aromatic N) is 9. The van der Waals surface area contributed by atoms with Crippen LogP contribution in [-0.2, 0) is 16.2 Å². The number of hydrogen-bond acceptors (Lipinski definition) is 10. The zero-order chi connectivity index (χ0) is 86.0. The van der Waals surface area contributed by atoms with E-state index in [-0.39, 0.29) is 0 Å². The van der Waals surface area contributed by atoms with Gasteiger partial charge >= 0.3 is 0 Å². The predicted octanol–water partition coefficient (Wildman–Crippen LogP) is 29.0. The Morgan fingerprint density at radius 1 is 0.209 bits per heavy atom. The van der Waals surface area contributed by atoms with Crippen molar-refractivity contribution in [3.63, 3.8) is 0 Å². The molecule has 129 heavy (non-hydrogen) atoms. The van der Waals surface area contributed by atoms with Gasteiger partial charge in [0.2, 0.25) is 0 Å². The summed E-state index contributed by atoms with van der Waals surface area (Å²) in [4.78, 5) is 35.1. The van der Waals surface area contributed by atoms with Gasteiger partial charge in [-0.25, -0.2) is 29.9 Å². The normalized spacial score (nSPS) is 13.6. The predicted molar refractivity (Wildman–Crippen MR) is 521 cm³/mol. The van der Waals surface area contributed by atoms with Crippen molar-refractivity contribution in [2.45, 2.75) is 30.1 Å². The van der Waals surface area contributed by atoms with E-state index in [0.717, 1.165) is 102 Å². The van der Waals surface area contributed by atoms with Crippen LogP contribution in [0.15, 0.2) is 468 Å². The monoisotopic (exact) mass is 1650 g/mol. The summed E-state index contributed by atoms with van der Waals surface area (Å²) in [5, 5.41) is 0. The fourth-order valence-electron chi connectivity index (χ4n) is 20.7. The van der Waals surface area contributed by atoms with Crippen molar-refractivity contribution in [3.05, 3.63) is 546 Å². The number of anilines is 9. The van der Waals surface area contributed by atoms with Gasteiger partial charge in [-0.2, -0.15) is 0 Å². The van der Waals surface area contributed by atoms with Crippen LogP contribution in [-0.4, -0.2) is 29.9 Å². The maximum atomic E-state index is 6.48. The number of fused-ring (bicyclic) bond motifs is 19. The summed E-state index contributed by atoms with van der Waals surface area (Å²) in [5.41, 5.74) is 35.9. The largest absolute Gasteiger partial charge is 0.457 e. The zero-order valence-electron chi connectivity index (χ0n) is 70.9. The molecule has 17 aromatic carbocycles.